The van der Waals surface area contributed by atoms with Crippen molar-refractivity contribution < 1.29 is 0 Å². The smallest absolute Gasteiger partial charge is 0.0235 e. The van der Waals surface area contributed by atoms with Gasteiger partial charge in [0.15, 0.2) is 0 Å². The molecule has 0 saturated carbocycles. The molecule has 0 aromatic heterocycles. The Morgan fingerprint density at radius 2 is 2.00 bits per heavy atom. The van der Waals surface area contributed by atoms with Crippen LogP contribution in [0.4, 0.5) is 0 Å². The van der Waals surface area contributed by atoms with Crippen LogP contribution in [0.1, 0.15) is 53.4 Å². The quantitative estimate of drug-likeness (QED) is 0.657. The Bertz CT molecular complexity index is 216. The van der Waals surface area contributed by atoms with E-state index in [0.29, 0.717) is 6.04 Å². The lowest BCUT2D eigenvalue weighted by molar-refractivity contribution is 0.209. The molecule has 2 unspecified atom stereocenters. The normalized spacial score (nSPS) is 22.3. The molecule has 2 atom stereocenters. The van der Waals surface area contributed by atoms with Crippen molar-refractivity contribution in [1.29, 1.82) is 0 Å². The minimum atomic E-state index is 0.682. The average Bonchev–Trinajstić information content (AvgIpc) is 2.86. The Balaban J connectivity index is 2.11. The third-order valence-electron chi connectivity index (χ3n) is 4.43. The average molecular weight is 269 g/mol. The molecule has 3 nitrogen and oxygen atoms in total. The van der Waals surface area contributed by atoms with Crippen molar-refractivity contribution >= 4 is 0 Å². The SMILES string of the molecule is CCCNC(C)CCCN1CCC(N(CC)CC)C1. The van der Waals surface area contributed by atoms with Gasteiger partial charge >= 0.3 is 0 Å². The van der Waals surface area contributed by atoms with Crippen LogP contribution in [0, 0.1) is 0 Å². The van der Waals surface area contributed by atoms with Gasteiger partial charge in [0.05, 0.1) is 0 Å². The first-order chi connectivity index (χ1) is 9.21. The first-order valence-corrected chi connectivity index (χ1v) is 8.40. The summed E-state index contributed by atoms with van der Waals surface area (Å²) in [5.41, 5.74) is 0. The predicted octanol–water partition coefficient (Wildman–Crippen LogP) is 2.57. The number of hydrogen-bond acceptors (Lipinski definition) is 3. The van der Waals surface area contributed by atoms with Gasteiger partial charge in [-0.25, -0.2) is 0 Å². The van der Waals surface area contributed by atoms with Crippen LogP contribution >= 0.6 is 0 Å². The highest BCUT2D eigenvalue weighted by atomic mass is 15.2. The Morgan fingerprint density at radius 1 is 1.26 bits per heavy atom. The molecule has 1 aliphatic heterocycles. The summed E-state index contributed by atoms with van der Waals surface area (Å²) in [6.45, 7) is 16.6. The molecule has 0 spiro atoms. The van der Waals surface area contributed by atoms with Crippen molar-refractivity contribution in [3.8, 4) is 0 Å². The van der Waals surface area contributed by atoms with Crippen LogP contribution in [0.3, 0.4) is 0 Å². The highest BCUT2D eigenvalue weighted by molar-refractivity contribution is 4.82. The van der Waals surface area contributed by atoms with E-state index in [2.05, 4.69) is 42.8 Å². The maximum absolute atomic E-state index is 3.58. The van der Waals surface area contributed by atoms with Gasteiger partial charge in [0.1, 0.15) is 0 Å². The topological polar surface area (TPSA) is 18.5 Å². The van der Waals surface area contributed by atoms with E-state index in [4.69, 9.17) is 0 Å². The number of nitrogens with zero attached hydrogens (tertiary/aromatic N) is 2. The first kappa shape index (κ1) is 16.9. The molecular weight excluding hydrogens is 234 g/mol. The molecule has 114 valence electrons. The molecule has 0 radical (unpaired) electrons. The summed E-state index contributed by atoms with van der Waals surface area (Å²) in [5.74, 6) is 0. The van der Waals surface area contributed by atoms with E-state index in [-0.39, 0.29) is 0 Å². The van der Waals surface area contributed by atoms with E-state index in [0.717, 1.165) is 12.6 Å². The summed E-state index contributed by atoms with van der Waals surface area (Å²) in [6.07, 6.45) is 5.25. The van der Waals surface area contributed by atoms with Crippen molar-refractivity contribution in [3.63, 3.8) is 0 Å². The fourth-order valence-electron chi connectivity index (χ4n) is 3.17. The van der Waals surface area contributed by atoms with E-state index in [1.807, 2.05) is 0 Å². The second-order valence-electron chi connectivity index (χ2n) is 5.96. The van der Waals surface area contributed by atoms with Crippen LogP contribution in [0.25, 0.3) is 0 Å². The molecule has 1 fully saturated rings. The van der Waals surface area contributed by atoms with Gasteiger partial charge in [0, 0.05) is 18.6 Å². The highest BCUT2D eigenvalue weighted by Gasteiger charge is 2.25. The van der Waals surface area contributed by atoms with Gasteiger partial charge in [0.2, 0.25) is 0 Å². The minimum Gasteiger partial charge on any atom is -0.314 e. The molecule has 19 heavy (non-hydrogen) atoms. The van der Waals surface area contributed by atoms with Crippen molar-refractivity contribution in [2.24, 2.45) is 0 Å². The van der Waals surface area contributed by atoms with Gasteiger partial charge in [-0.1, -0.05) is 20.8 Å². The molecule has 0 bridgehead atoms. The second kappa shape index (κ2) is 9.73. The summed E-state index contributed by atoms with van der Waals surface area (Å²) in [4.78, 5) is 5.28. The summed E-state index contributed by atoms with van der Waals surface area (Å²) >= 11 is 0. The third-order valence-corrected chi connectivity index (χ3v) is 4.43. The number of likely N-dealkylation sites (tertiary alicyclic amines) is 1. The summed E-state index contributed by atoms with van der Waals surface area (Å²) < 4.78 is 0. The molecule has 3 heteroatoms. The summed E-state index contributed by atoms with van der Waals surface area (Å²) in [6, 6.07) is 1.49. The molecule has 1 N–H and O–H groups in total. The molecule has 1 saturated heterocycles. The molecule has 1 aliphatic rings. The Hall–Kier alpha value is -0.120. The maximum atomic E-state index is 3.58. The maximum Gasteiger partial charge on any atom is 0.0235 e. The van der Waals surface area contributed by atoms with E-state index in [1.54, 1.807) is 0 Å². The van der Waals surface area contributed by atoms with Crippen molar-refractivity contribution in [2.45, 2.75) is 65.5 Å². The highest BCUT2D eigenvalue weighted by Crippen LogP contribution is 2.16. The first-order valence-electron chi connectivity index (χ1n) is 8.40. The van der Waals surface area contributed by atoms with Crippen LogP contribution in [0.2, 0.25) is 0 Å². The van der Waals surface area contributed by atoms with E-state index >= 15 is 0 Å². The number of hydrogen-bond donors (Lipinski definition) is 1. The third kappa shape index (κ3) is 6.24. The van der Waals surface area contributed by atoms with Crippen LogP contribution in [0.15, 0.2) is 0 Å². The van der Waals surface area contributed by atoms with Gasteiger partial charge in [-0.3, -0.25) is 4.90 Å². The molecule has 1 heterocycles. The summed E-state index contributed by atoms with van der Waals surface area (Å²) in [7, 11) is 0. The Kier molecular flexibility index (Phi) is 8.67. The van der Waals surface area contributed by atoms with Crippen molar-refractivity contribution in [1.82, 2.24) is 15.1 Å². The van der Waals surface area contributed by atoms with Gasteiger partial charge in [-0.15, -0.1) is 0 Å². The van der Waals surface area contributed by atoms with E-state index in [1.165, 1.54) is 58.4 Å². The number of nitrogens with one attached hydrogen (secondary N) is 1. The lowest BCUT2D eigenvalue weighted by Crippen LogP contribution is -2.37. The fourth-order valence-corrected chi connectivity index (χ4v) is 3.17. The van der Waals surface area contributed by atoms with Crippen LogP contribution in [0.5, 0.6) is 0 Å². The summed E-state index contributed by atoms with van der Waals surface area (Å²) in [5, 5.41) is 3.58. The van der Waals surface area contributed by atoms with Crippen molar-refractivity contribution in [3.05, 3.63) is 0 Å². The fraction of sp³-hybridized carbons (Fsp3) is 1.00. The van der Waals surface area contributed by atoms with E-state index < -0.39 is 0 Å². The monoisotopic (exact) mass is 269 g/mol. The zero-order valence-corrected chi connectivity index (χ0v) is 13.6. The molecule has 0 aromatic rings. The minimum absolute atomic E-state index is 0.682. The predicted molar refractivity (Wildman–Crippen MR) is 84.8 cm³/mol. The zero-order chi connectivity index (χ0) is 14.1. The molecule has 0 amide bonds. The van der Waals surface area contributed by atoms with Crippen LogP contribution < -0.4 is 5.32 Å². The molecule has 1 rings (SSSR count). The standard InChI is InChI=1S/C16H35N3/c1-5-11-17-15(4)9-8-12-18-13-10-16(14-18)19(6-2)7-3/h15-17H,5-14H2,1-4H3. The molecule has 0 aromatic carbocycles. The molecule has 0 aliphatic carbocycles. The van der Waals surface area contributed by atoms with Gasteiger partial charge < -0.3 is 10.2 Å². The largest absolute Gasteiger partial charge is 0.314 e. The number of rotatable bonds is 10. The van der Waals surface area contributed by atoms with Crippen LogP contribution in [-0.2, 0) is 0 Å². The number of likely N-dealkylation sites (N-methyl/N-ethyl adjacent to an activating group) is 1. The van der Waals surface area contributed by atoms with Crippen LogP contribution in [-0.4, -0.2) is 61.2 Å². The van der Waals surface area contributed by atoms with E-state index in [9.17, 15) is 0 Å². The van der Waals surface area contributed by atoms with Gasteiger partial charge in [-0.05, 0) is 65.3 Å². The van der Waals surface area contributed by atoms with Gasteiger partial charge in [0.25, 0.3) is 0 Å². The van der Waals surface area contributed by atoms with Gasteiger partial charge in [-0.2, -0.15) is 0 Å². The van der Waals surface area contributed by atoms with Crippen molar-refractivity contribution in [2.75, 3.05) is 39.3 Å². The lowest BCUT2D eigenvalue weighted by Gasteiger charge is -2.26. The zero-order valence-electron chi connectivity index (χ0n) is 13.6. The lowest BCUT2D eigenvalue weighted by atomic mass is 10.1. The Labute approximate surface area is 120 Å². The molecular formula is C16H35N3. The Morgan fingerprint density at radius 3 is 2.63 bits per heavy atom. The second-order valence-corrected chi connectivity index (χ2v) is 5.96.